The second-order valence-corrected chi connectivity index (χ2v) is 4.51. The minimum atomic E-state index is -3.16. The van der Waals surface area contributed by atoms with Gasteiger partial charge in [0.25, 0.3) is 0 Å². The second kappa shape index (κ2) is 7.56. The number of aliphatic carboxylic acids is 1. The van der Waals surface area contributed by atoms with E-state index in [4.69, 9.17) is 9.84 Å². The summed E-state index contributed by atoms with van der Waals surface area (Å²) in [6.45, 7) is 1.18. The Bertz CT molecular complexity index is 479. The van der Waals surface area contributed by atoms with Crippen molar-refractivity contribution in [1.82, 2.24) is 5.32 Å². The first-order chi connectivity index (χ1) is 9.84. The molecule has 0 saturated heterocycles. The molecule has 1 aromatic rings. The van der Waals surface area contributed by atoms with Crippen LogP contribution in [0.5, 0.6) is 0 Å². The number of nitrogens with one attached hydrogen (secondary N) is 1. The van der Waals surface area contributed by atoms with E-state index in [1.165, 1.54) is 6.92 Å². The molecule has 0 aliphatic heterocycles. The van der Waals surface area contributed by atoms with Gasteiger partial charge < -0.3 is 15.2 Å². The summed E-state index contributed by atoms with van der Waals surface area (Å²) in [6.07, 6.45) is -2.52. The molecule has 2 N–H and O–H groups in total. The van der Waals surface area contributed by atoms with Gasteiger partial charge in [-0.25, -0.2) is 18.4 Å². The quantitative estimate of drug-likeness (QED) is 0.812. The van der Waals surface area contributed by atoms with Crippen LogP contribution in [0, 0.1) is 0 Å². The van der Waals surface area contributed by atoms with Crippen molar-refractivity contribution < 1.29 is 28.2 Å². The number of alkyl carbamates (subject to hydrolysis) is 1. The van der Waals surface area contributed by atoms with E-state index in [0.29, 0.717) is 5.56 Å². The molecule has 21 heavy (non-hydrogen) atoms. The van der Waals surface area contributed by atoms with Crippen molar-refractivity contribution in [1.29, 1.82) is 0 Å². The highest BCUT2D eigenvalue weighted by Crippen LogP contribution is 2.24. The Morgan fingerprint density at radius 1 is 1.33 bits per heavy atom. The van der Waals surface area contributed by atoms with Crippen LogP contribution >= 0.6 is 0 Å². The van der Waals surface area contributed by atoms with Gasteiger partial charge in [-0.3, -0.25) is 0 Å². The lowest BCUT2D eigenvalue weighted by Crippen LogP contribution is -2.44. The van der Waals surface area contributed by atoms with Gasteiger partial charge >= 0.3 is 12.1 Å². The molecule has 0 fully saturated rings. The molecule has 0 aliphatic rings. The van der Waals surface area contributed by atoms with Crippen LogP contribution in [0.2, 0.25) is 0 Å². The minimum absolute atomic E-state index is 0.0663. The average molecular weight is 301 g/mol. The highest BCUT2D eigenvalue weighted by Gasteiger charge is 2.35. The fourth-order valence-electron chi connectivity index (χ4n) is 1.55. The van der Waals surface area contributed by atoms with Gasteiger partial charge in [0.15, 0.2) is 0 Å². The summed E-state index contributed by atoms with van der Waals surface area (Å²) >= 11 is 0. The van der Waals surface area contributed by atoms with Crippen LogP contribution < -0.4 is 5.32 Å². The van der Waals surface area contributed by atoms with Crippen molar-refractivity contribution in [2.45, 2.75) is 38.3 Å². The highest BCUT2D eigenvalue weighted by atomic mass is 19.3. The molecule has 5 nitrogen and oxygen atoms in total. The fraction of sp³-hybridized carbons (Fsp3) is 0.429. The molecule has 0 spiro atoms. The largest absolute Gasteiger partial charge is 0.480 e. The van der Waals surface area contributed by atoms with Gasteiger partial charge in [0, 0.05) is 12.8 Å². The smallest absolute Gasteiger partial charge is 0.408 e. The van der Waals surface area contributed by atoms with Gasteiger partial charge in [0.05, 0.1) is 0 Å². The lowest BCUT2D eigenvalue weighted by atomic mass is 10.1. The van der Waals surface area contributed by atoms with Crippen molar-refractivity contribution in [3.05, 3.63) is 35.9 Å². The number of benzene rings is 1. The maximum Gasteiger partial charge on any atom is 0.408 e. The maximum atomic E-state index is 13.2. The van der Waals surface area contributed by atoms with Crippen molar-refractivity contribution >= 4 is 12.1 Å². The number of halogens is 2. The number of hydrogen-bond acceptors (Lipinski definition) is 3. The number of carbonyl (C=O) groups excluding carboxylic acids is 1. The Morgan fingerprint density at radius 2 is 1.95 bits per heavy atom. The van der Waals surface area contributed by atoms with Crippen molar-refractivity contribution in [3.63, 3.8) is 0 Å². The molecule has 0 aromatic heterocycles. The van der Waals surface area contributed by atoms with E-state index in [2.05, 4.69) is 0 Å². The third-order valence-corrected chi connectivity index (χ3v) is 2.82. The Kier molecular flexibility index (Phi) is 6.08. The topological polar surface area (TPSA) is 75.6 Å². The molecule has 0 bridgehead atoms. The number of amides is 1. The molecule has 0 saturated carbocycles. The maximum absolute atomic E-state index is 13.2. The van der Waals surface area contributed by atoms with Crippen LogP contribution in [0.1, 0.15) is 25.3 Å². The summed E-state index contributed by atoms with van der Waals surface area (Å²) < 4.78 is 31.2. The van der Waals surface area contributed by atoms with Gasteiger partial charge in [0.2, 0.25) is 5.92 Å². The summed E-state index contributed by atoms with van der Waals surface area (Å²) in [5.74, 6) is -4.68. The van der Waals surface area contributed by atoms with Crippen LogP contribution in [0.15, 0.2) is 30.3 Å². The van der Waals surface area contributed by atoms with E-state index >= 15 is 0 Å². The van der Waals surface area contributed by atoms with E-state index in [9.17, 15) is 18.4 Å². The summed E-state index contributed by atoms with van der Waals surface area (Å²) in [7, 11) is 0. The van der Waals surface area contributed by atoms with E-state index in [0.717, 1.165) is 0 Å². The van der Waals surface area contributed by atoms with Gasteiger partial charge in [-0.05, 0) is 5.56 Å². The Labute approximate surface area is 120 Å². The number of hydrogen-bond donors (Lipinski definition) is 2. The zero-order valence-electron chi connectivity index (χ0n) is 11.5. The fourth-order valence-corrected chi connectivity index (χ4v) is 1.55. The van der Waals surface area contributed by atoms with E-state index < -0.39 is 36.9 Å². The Hall–Kier alpha value is -2.18. The molecule has 0 aliphatic carbocycles. The molecular weight excluding hydrogens is 284 g/mol. The standard InChI is InChI=1S/C14H17F2NO4/c1-2-14(15,16)8-11(12(18)19)17-13(20)21-9-10-6-4-3-5-7-10/h3-7,11H,2,8-9H2,1H3,(H,17,20)(H,18,19)/t11-/m0/s1. The molecule has 1 atom stereocenters. The van der Waals surface area contributed by atoms with Gasteiger partial charge in [0.1, 0.15) is 12.6 Å². The number of alkyl halides is 2. The average Bonchev–Trinajstić information content (AvgIpc) is 2.45. The molecule has 1 rings (SSSR count). The van der Waals surface area contributed by atoms with Crippen LogP contribution in [0.4, 0.5) is 13.6 Å². The molecule has 0 radical (unpaired) electrons. The third kappa shape index (κ3) is 6.20. The lowest BCUT2D eigenvalue weighted by molar-refractivity contribution is -0.142. The zero-order valence-corrected chi connectivity index (χ0v) is 11.5. The first-order valence-corrected chi connectivity index (χ1v) is 6.42. The van der Waals surface area contributed by atoms with E-state index in [-0.39, 0.29) is 6.61 Å². The zero-order chi connectivity index (χ0) is 15.9. The van der Waals surface area contributed by atoms with Crippen LogP contribution in [-0.2, 0) is 16.1 Å². The van der Waals surface area contributed by atoms with Gasteiger partial charge in [-0.2, -0.15) is 0 Å². The number of carboxylic acid groups (broad SMARTS) is 1. The molecule has 0 unspecified atom stereocenters. The van der Waals surface area contributed by atoms with Crippen LogP contribution in [0.3, 0.4) is 0 Å². The predicted octanol–water partition coefficient (Wildman–Crippen LogP) is 2.80. The molecular formula is C14H17F2NO4. The van der Waals surface area contributed by atoms with Crippen LogP contribution in [0.25, 0.3) is 0 Å². The SMILES string of the molecule is CCC(F)(F)C[C@H](NC(=O)OCc1ccccc1)C(=O)O. The molecule has 116 valence electrons. The summed E-state index contributed by atoms with van der Waals surface area (Å²) in [4.78, 5) is 22.4. The highest BCUT2D eigenvalue weighted by molar-refractivity contribution is 5.79. The van der Waals surface area contributed by atoms with Gasteiger partial charge in [-0.1, -0.05) is 37.3 Å². The Balaban J connectivity index is 2.51. The molecule has 7 heteroatoms. The van der Waals surface area contributed by atoms with E-state index in [1.54, 1.807) is 30.3 Å². The van der Waals surface area contributed by atoms with Crippen molar-refractivity contribution in [3.8, 4) is 0 Å². The number of ether oxygens (including phenoxy) is 1. The van der Waals surface area contributed by atoms with Gasteiger partial charge in [-0.15, -0.1) is 0 Å². The lowest BCUT2D eigenvalue weighted by Gasteiger charge is -2.20. The first kappa shape index (κ1) is 16.9. The molecule has 0 heterocycles. The van der Waals surface area contributed by atoms with Crippen LogP contribution in [-0.4, -0.2) is 29.1 Å². The Morgan fingerprint density at radius 3 is 2.48 bits per heavy atom. The summed E-state index contributed by atoms with van der Waals surface area (Å²) in [5.41, 5.74) is 0.707. The number of carboxylic acids is 1. The number of carbonyl (C=O) groups is 2. The van der Waals surface area contributed by atoms with Crippen molar-refractivity contribution in [2.75, 3.05) is 0 Å². The predicted molar refractivity (Wildman–Crippen MR) is 71.0 cm³/mol. The van der Waals surface area contributed by atoms with E-state index in [1.807, 2.05) is 5.32 Å². The third-order valence-electron chi connectivity index (χ3n) is 2.82. The van der Waals surface area contributed by atoms with Crippen molar-refractivity contribution in [2.24, 2.45) is 0 Å². The first-order valence-electron chi connectivity index (χ1n) is 6.42. The summed E-state index contributed by atoms with van der Waals surface area (Å²) in [5, 5.41) is 10.8. The minimum Gasteiger partial charge on any atom is -0.480 e. The second-order valence-electron chi connectivity index (χ2n) is 4.51. The molecule has 1 aromatic carbocycles. The molecule has 1 amide bonds. The number of rotatable bonds is 7. The monoisotopic (exact) mass is 301 g/mol. The summed E-state index contributed by atoms with van der Waals surface area (Å²) in [6, 6.07) is 7.02. The normalized spacial score (nSPS) is 12.5.